The Morgan fingerprint density at radius 3 is 2.55 bits per heavy atom. The van der Waals surface area contributed by atoms with Gasteiger partial charge in [-0.1, -0.05) is 48.5 Å². The largest absolute Gasteiger partial charge is 0.378 e. The summed E-state index contributed by atoms with van der Waals surface area (Å²) in [5, 5.41) is 4.05. The van der Waals surface area contributed by atoms with E-state index < -0.39 is 6.04 Å². The Labute approximate surface area is 169 Å². The molecule has 1 saturated heterocycles. The number of hydrogen-bond donors (Lipinski definition) is 2. The molecule has 1 aliphatic heterocycles. The number of H-pyrrole nitrogens is 1. The number of nitrogens with zero attached hydrogens (tertiary/aromatic N) is 1. The van der Waals surface area contributed by atoms with E-state index >= 15 is 0 Å². The Morgan fingerprint density at radius 1 is 1.03 bits per heavy atom. The average molecular weight is 391 g/mol. The molecule has 2 aromatic carbocycles. The van der Waals surface area contributed by atoms with Crippen molar-refractivity contribution >= 4 is 22.7 Å². The van der Waals surface area contributed by atoms with Crippen LogP contribution in [0.5, 0.6) is 0 Å². The molecule has 1 fully saturated rings. The number of fused-ring (bicyclic) bond motifs is 1. The maximum absolute atomic E-state index is 13.2. The number of para-hydroxylation sites is 1. The number of ether oxygens (including phenoxy) is 1. The Morgan fingerprint density at radius 2 is 1.76 bits per heavy atom. The van der Waals surface area contributed by atoms with E-state index in [9.17, 15) is 9.59 Å². The summed E-state index contributed by atoms with van der Waals surface area (Å²) >= 11 is 0. The monoisotopic (exact) mass is 391 g/mol. The van der Waals surface area contributed by atoms with Crippen LogP contribution in [-0.4, -0.2) is 54.0 Å². The van der Waals surface area contributed by atoms with Gasteiger partial charge in [0.2, 0.25) is 11.8 Å². The second kappa shape index (κ2) is 8.92. The number of hydrogen-bond acceptors (Lipinski definition) is 3. The number of aromatic amines is 1. The third-order valence-electron chi connectivity index (χ3n) is 5.26. The van der Waals surface area contributed by atoms with Crippen LogP contribution in [0.1, 0.15) is 11.1 Å². The number of morpholine rings is 1. The number of nitrogens with one attached hydrogen (secondary N) is 2. The first kappa shape index (κ1) is 19.2. The van der Waals surface area contributed by atoms with Crippen LogP contribution >= 0.6 is 0 Å². The molecule has 3 aromatic rings. The maximum atomic E-state index is 13.2. The summed E-state index contributed by atoms with van der Waals surface area (Å²) in [5.74, 6) is -0.206. The van der Waals surface area contributed by atoms with Gasteiger partial charge in [-0.2, -0.15) is 0 Å². The number of carbonyl (C=O) groups excluding carboxylic acids is 2. The number of benzene rings is 2. The SMILES string of the molecule is O=C(Cc1ccccc1)N[C@@H](Cc1c[nH]c2ccccc12)C(=O)N1CCOCC1. The van der Waals surface area contributed by atoms with Gasteiger partial charge in [0.1, 0.15) is 6.04 Å². The Hall–Kier alpha value is -3.12. The lowest BCUT2D eigenvalue weighted by molar-refractivity contribution is -0.139. The van der Waals surface area contributed by atoms with Gasteiger partial charge in [0.15, 0.2) is 0 Å². The Bertz CT molecular complexity index is 977. The van der Waals surface area contributed by atoms with Crippen molar-refractivity contribution in [2.45, 2.75) is 18.9 Å². The molecular formula is C23H25N3O3. The number of aromatic nitrogens is 1. The second-order valence-corrected chi connectivity index (χ2v) is 7.28. The number of rotatable bonds is 6. The van der Waals surface area contributed by atoms with Crippen LogP contribution in [0, 0.1) is 0 Å². The van der Waals surface area contributed by atoms with Crippen LogP contribution in [0.3, 0.4) is 0 Å². The minimum absolute atomic E-state index is 0.0556. The zero-order valence-electron chi connectivity index (χ0n) is 16.3. The highest BCUT2D eigenvalue weighted by atomic mass is 16.5. The van der Waals surface area contributed by atoms with Gasteiger partial charge in [0.05, 0.1) is 19.6 Å². The minimum Gasteiger partial charge on any atom is -0.378 e. The molecule has 0 radical (unpaired) electrons. The summed E-state index contributed by atoms with van der Waals surface area (Å²) in [6.07, 6.45) is 2.62. The quantitative estimate of drug-likeness (QED) is 0.677. The van der Waals surface area contributed by atoms with Gasteiger partial charge >= 0.3 is 0 Å². The van der Waals surface area contributed by atoms with Gasteiger partial charge in [-0.05, 0) is 17.2 Å². The van der Waals surface area contributed by atoms with E-state index in [1.807, 2.05) is 60.8 Å². The third kappa shape index (κ3) is 4.66. The molecule has 150 valence electrons. The molecule has 0 bridgehead atoms. The van der Waals surface area contributed by atoms with Gasteiger partial charge in [0, 0.05) is 36.6 Å². The van der Waals surface area contributed by atoms with Crippen molar-refractivity contribution < 1.29 is 14.3 Å². The first-order chi connectivity index (χ1) is 14.2. The van der Waals surface area contributed by atoms with E-state index in [0.29, 0.717) is 32.7 Å². The lowest BCUT2D eigenvalue weighted by Gasteiger charge is -2.30. The predicted molar refractivity (Wildman–Crippen MR) is 111 cm³/mol. The van der Waals surface area contributed by atoms with Crippen molar-refractivity contribution in [2.75, 3.05) is 26.3 Å². The highest BCUT2D eigenvalue weighted by Crippen LogP contribution is 2.20. The van der Waals surface area contributed by atoms with Crippen LogP contribution in [0.2, 0.25) is 0 Å². The maximum Gasteiger partial charge on any atom is 0.245 e. The summed E-state index contributed by atoms with van der Waals surface area (Å²) in [4.78, 5) is 30.9. The fraction of sp³-hybridized carbons (Fsp3) is 0.304. The molecule has 6 nitrogen and oxygen atoms in total. The van der Waals surface area contributed by atoms with Gasteiger partial charge < -0.3 is 19.9 Å². The first-order valence-electron chi connectivity index (χ1n) is 9.95. The van der Waals surface area contributed by atoms with Crippen LogP contribution in [0.15, 0.2) is 60.8 Å². The molecule has 29 heavy (non-hydrogen) atoms. The first-order valence-corrected chi connectivity index (χ1v) is 9.95. The molecular weight excluding hydrogens is 366 g/mol. The minimum atomic E-state index is -0.608. The van der Waals surface area contributed by atoms with Crippen molar-refractivity contribution in [3.8, 4) is 0 Å². The lowest BCUT2D eigenvalue weighted by atomic mass is 10.0. The van der Waals surface area contributed by atoms with Crippen LogP contribution in [0.25, 0.3) is 10.9 Å². The van der Waals surface area contributed by atoms with Crippen LogP contribution in [-0.2, 0) is 27.2 Å². The summed E-state index contributed by atoms with van der Waals surface area (Å²) in [5.41, 5.74) is 2.97. The van der Waals surface area contributed by atoms with Crippen molar-refractivity contribution in [3.63, 3.8) is 0 Å². The Kier molecular flexibility index (Phi) is 5.91. The zero-order valence-corrected chi connectivity index (χ0v) is 16.3. The second-order valence-electron chi connectivity index (χ2n) is 7.28. The predicted octanol–water partition coefficient (Wildman–Crippen LogP) is 2.30. The van der Waals surface area contributed by atoms with E-state index in [0.717, 1.165) is 22.0 Å². The summed E-state index contributed by atoms with van der Waals surface area (Å²) in [6.45, 7) is 2.17. The van der Waals surface area contributed by atoms with E-state index in [4.69, 9.17) is 4.74 Å². The summed E-state index contributed by atoms with van der Waals surface area (Å²) < 4.78 is 5.37. The normalized spacial score (nSPS) is 15.2. The fourth-order valence-corrected chi connectivity index (χ4v) is 3.75. The summed E-state index contributed by atoms with van der Waals surface area (Å²) in [6, 6.07) is 16.9. The fourth-order valence-electron chi connectivity index (χ4n) is 3.75. The topological polar surface area (TPSA) is 74.4 Å². The third-order valence-corrected chi connectivity index (χ3v) is 5.26. The molecule has 6 heteroatoms. The van der Waals surface area contributed by atoms with Crippen molar-refractivity contribution in [2.24, 2.45) is 0 Å². The van der Waals surface area contributed by atoms with Gasteiger partial charge in [-0.15, -0.1) is 0 Å². The van der Waals surface area contributed by atoms with Gasteiger partial charge in [-0.25, -0.2) is 0 Å². The van der Waals surface area contributed by atoms with Gasteiger partial charge in [0.25, 0.3) is 0 Å². The standard InChI is InChI=1S/C23H25N3O3/c27-22(14-17-6-2-1-3-7-17)25-21(23(28)26-10-12-29-13-11-26)15-18-16-24-20-9-5-4-8-19(18)20/h1-9,16,21,24H,10-15H2,(H,25,27)/t21-/m0/s1. The molecule has 2 N–H and O–H groups in total. The van der Waals surface area contributed by atoms with E-state index in [1.54, 1.807) is 4.90 Å². The number of carbonyl (C=O) groups is 2. The smallest absolute Gasteiger partial charge is 0.245 e. The molecule has 0 saturated carbocycles. The van der Waals surface area contributed by atoms with E-state index in [2.05, 4.69) is 10.3 Å². The van der Waals surface area contributed by atoms with Crippen LogP contribution in [0.4, 0.5) is 0 Å². The molecule has 1 atom stereocenters. The average Bonchev–Trinajstić information content (AvgIpc) is 3.17. The van der Waals surface area contributed by atoms with E-state index in [1.165, 1.54) is 0 Å². The van der Waals surface area contributed by atoms with E-state index in [-0.39, 0.29) is 18.2 Å². The van der Waals surface area contributed by atoms with Crippen molar-refractivity contribution in [1.29, 1.82) is 0 Å². The highest BCUT2D eigenvalue weighted by molar-refractivity contribution is 5.90. The van der Waals surface area contributed by atoms with Crippen molar-refractivity contribution in [1.82, 2.24) is 15.2 Å². The molecule has 0 unspecified atom stereocenters. The molecule has 4 rings (SSSR count). The molecule has 1 aromatic heterocycles. The van der Waals surface area contributed by atoms with Crippen molar-refractivity contribution in [3.05, 3.63) is 71.9 Å². The zero-order chi connectivity index (χ0) is 20.1. The highest BCUT2D eigenvalue weighted by Gasteiger charge is 2.28. The lowest BCUT2D eigenvalue weighted by Crippen LogP contribution is -2.52. The van der Waals surface area contributed by atoms with Gasteiger partial charge in [-0.3, -0.25) is 9.59 Å². The summed E-state index contributed by atoms with van der Waals surface area (Å²) in [7, 11) is 0. The molecule has 1 aliphatic rings. The number of amides is 2. The molecule has 0 aliphatic carbocycles. The Balaban J connectivity index is 1.53. The molecule has 2 heterocycles. The molecule has 2 amide bonds. The van der Waals surface area contributed by atoms with Crippen LogP contribution < -0.4 is 5.32 Å². The molecule has 0 spiro atoms.